The molecule has 2 nitrogen and oxygen atoms in total. The monoisotopic (exact) mass is 360 g/mol. The molecule has 6 rings (SSSR count). The highest BCUT2D eigenvalue weighted by Gasteiger charge is 2.21. The summed E-state index contributed by atoms with van der Waals surface area (Å²) in [6.07, 6.45) is 1.05. The molecule has 0 bridgehead atoms. The summed E-state index contributed by atoms with van der Waals surface area (Å²) in [4.78, 5) is 3.53. The van der Waals surface area contributed by atoms with Crippen LogP contribution in [0.3, 0.4) is 0 Å². The van der Waals surface area contributed by atoms with Gasteiger partial charge in [-0.25, -0.2) is 0 Å². The van der Waals surface area contributed by atoms with Crippen LogP contribution in [0.4, 0.5) is 5.69 Å². The van der Waals surface area contributed by atoms with Gasteiger partial charge >= 0.3 is 0 Å². The molecule has 0 amide bonds. The first-order valence-corrected chi connectivity index (χ1v) is 9.80. The normalized spacial score (nSPS) is 15.6. The summed E-state index contributed by atoms with van der Waals surface area (Å²) in [6.45, 7) is 0. The van der Waals surface area contributed by atoms with Crippen LogP contribution in [0.2, 0.25) is 0 Å². The van der Waals surface area contributed by atoms with Gasteiger partial charge in [-0.05, 0) is 64.2 Å². The second kappa shape index (κ2) is 6.00. The fourth-order valence-electron chi connectivity index (χ4n) is 4.38. The summed E-state index contributed by atoms with van der Waals surface area (Å²) < 4.78 is 0. The maximum atomic E-state index is 3.66. The molecule has 1 aromatic heterocycles. The highest BCUT2D eigenvalue weighted by Crippen LogP contribution is 2.35. The molecule has 1 atom stereocenters. The number of H-pyrrole nitrogens is 1. The van der Waals surface area contributed by atoms with Crippen molar-refractivity contribution in [3.05, 3.63) is 102 Å². The van der Waals surface area contributed by atoms with Crippen molar-refractivity contribution in [2.24, 2.45) is 0 Å². The molecule has 0 spiro atoms. The largest absolute Gasteiger partial charge is 0.378 e. The molecule has 1 aliphatic heterocycles. The molecule has 1 aliphatic rings. The summed E-state index contributed by atoms with van der Waals surface area (Å²) >= 11 is 0. The quantitative estimate of drug-likeness (QED) is 0.360. The van der Waals surface area contributed by atoms with Crippen LogP contribution in [0.5, 0.6) is 0 Å². The number of rotatable bonds is 2. The molecule has 0 saturated carbocycles. The van der Waals surface area contributed by atoms with Gasteiger partial charge in [0.1, 0.15) is 0 Å². The van der Waals surface area contributed by atoms with E-state index in [9.17, 15) is 0 Å². The van der Waals surface area contributed by atoms with Gasteiger partial charge in [-0.2, -0.15) is 0 Å². The molecular formula is C26H20N2. The van der Waals surface area contributed by atoms with E-state index >= 15 is 0 Å². The standard InChI is InChI=1S/C26H20N2/c1-3-7-23-19(5-1)15-25(27-23)21-11-9-18-14-22(12-10-17(18)13-21)26-16-20-6-2-4-8-24(20)28-26/h1-15,26-28H,16H2. The van der Waals surface area contributed by atoms with Gasteiger partial charge in [0, 0.05) is 22.3 Å². The minimum atomic E-state index is 0.357. The molecular weight excluding hydrogens is 340 g/mol. The highest BCUT2D eigenvalue weighted by atomic mass is 14.9. The first kappa shape index (κ1) is 15.5. The van der Waals surface area contributed by atoms with E-state index in [1.807, 2.05) is 0 Å². The van der Waals surface area contributed by atoms with E-state index in [0.717, 1.165) is 6.42 Å². The Kier molecular flexibility index (Phi) is 3.33. The van der Waals surface area contributed by atoms with Crippen molar-refractivity contribution < 1.29 is 0 Å². The van der Waals surface area contributed by atoms with Crippen molar-refractivity contribution in [2.75, 3.05) is 5.32 Å². The van der Waals surface area contributed by atoms with Crippen LogP contribution in [0.1, 0.15) is 17.2 Å². The molecule has 28 heavy (non-hydrogen) atoms. The number of anilines is 1. The van der Waals surface area contributed by atoms with E-state index in [1.165, 1.54) is 49.7 Å². The maximum Gasteiger partial charge on any atom is 0.0555 e. The lowest BCUT2D eigenvalue weighted by atomic mass is 9.98. The number of nitrogens with one attached hydrogen (secondary N) is 2. The molecule has 2 heterocycles. The molecule has 1 unspecified atom stereocenters. The van der Waals surface area contributed by atoms with E-state index < -0.39 is 0 Å². The zero-order valence-corrected chi connectivity index (χ0v) is 15.4. The Bertz CT molecular complexity index is 1270. The zero-order chi connectivity index (χ0) is 18.5. The molecule has 134 valence electrons. The van der Waals surface area contributed by atoms with Crippen LogP contribution < -0.4 is 5.32 Å². The van der Waals surface area contributed by atoms with E-state index in [0.29, 0.717) is 6.04 Å². The van der Waals surface area contributed by atoms with E-state index in [2.05, 4.69) is 101 Å². The third-order valence-electron chi connectivity index (χ3n) is 5.88. The molecule has 4 aromatic carbocycles. The topological polar surface area (TPSA) is 27.8 Å². The Morgan fingerprint density at radius 3 is 2.43 bits per heavy atom. The first-order chi connectivity index (χ1) is 13.8. The lowest BCUT2D eigenvalue weighted by Gasteiger charge is -2.13. The lowest BCUT2D eigenvalue weighted by molar-refractivity contribution is 0.826. The van der Waals surface area contributed by atoms with Crippen LogP contribution in [-0.4, -0.2) is 4.98 Å². The van der Waals surface area contributed by atoms with E-state index in [4.69, 9.17) is 0 Å². The van der Waals surface area contributed by atoms with Crippen molar-refractivity contribution in [2.45, 2.75) is 12.5 Å². The summed E-state index contributed by atoms with van der Waals surface area (Å²) in [7, 11) is 0. The minimum Gasteiger partial charge on any atom is -0.378 e. The maximum absolute atomic E-state index is 3.66. The van der Waals surface area contributed by atoms with Crippen molar-refractivity contribution in [3.8, 4) is 11.3 Å². The second-order valence-corrected chi connectivity index (χ2v) is 7.65. The van der Waals surface area contributed by atoms with Gasteiger partial charge in [0.25, 0.3) is 0 Å². The van der Waals surface area contributed by atoms with Crippen LogP contribution in [0.25, 0.3) is 32.9 Å². The Morgan fingerprint density at radius 1 is 0.679 bits per heavy atom. The Hall–Kier alpha value is -3.52. The van der Waals surface area contributed by atoms with Crippen molar-refractivity contribution >= 4 is 27.4 Å². The molecule has 2 heteroatoms. The fraction of sp³-hybridized carbons (Fsp3) is 0.0769. The predicted octanol–water partition coefficient (Wildman–Crippen LogP) is 6.70. The van der Waals surface area contributed by atoms with Crippen LogP contribution in [0, 0.1) is 0 Å². The van der Waals surface area contributed by atoms with Gasteiger partial charge in [0.2, 0.25) is 0 Å². The third kappa shape index (κ3) is 2.49. The lowest BCUT2D eigenvalue weighted by Crippen LogP contribution is -2.05. The number of aromatic nitrogens is 1. The van der Waals surface area contributed by atoms with Gasteiger partial charge in [-0.15, -0.1) is 0 Å². The number of benzene rings is 4. The van der Waals surface area contributed by atoms with Gasteiger partial charge in [0.05, 0.1) is 6.04 Å². The summed E-state index contributed by atoms with van der Waals surface area (Å²) in [6, 6.07) is 33.2. The number of fused-ring (bicyclic) bond motifs is 3. The number of hydrogen-bond acceptors (Lipinski definition) is 1. The van der Waals surface area contributed by atoms with Crippen molar-refractivity contribution in [1.82, 2.24) is 4.98 Å². The zero-order valence-electron chi connectivity index (χ0n) is 15.4. The SMILES string of the molecule is c1ccc2c(c1)CC(c1ccc3cc(-c4cc5ccccc5[nH]4)ccc3c1)N2. The van der Waals surface area contributed by atoms with Crippen LogP contribution in [-0.2, 0) is 6.42 Å². The molecule has 0 radical (unpaired) electrons. The Labute approximate surface area is 163 Å². The van der Waals surface area contributed by atoms with Crippen molar-refractivity contribution in [1.29, 1.82) is 0 Å². The molecule has 0 aliphatic carbocycles. The second-order valence-electron chi connectivity index (χ2n) is 7.65. The molecule has 2 N–H and O–H groups in total. The van der Waals surface area contributed by atoms with Crippen molar-refractivity contribution in [3.63, 3.8) is 0 Å². The summed E-state index contributed by atoms with van der Waals surface area (Å²) in [5.41, 5.74) is 7.59. The number of aromatic amines is 1. The number of para-hydroxylation sites is 2. The molecule has 5 aromatic rings. The van der Waals surface area contributed by atoms with Gasteiger partial charge < -0.3 is 10.3 Å². The molecule has 0 saturated heterocycles. The average Bonchev–Trinajstić information content (AvgIpc) is 3.37. The van der Waals surface area contributed by atoms with Gasteiger partial charge in [-0.3, -0.25) is 0 Å². The first-order valence-electron chi connectivity index (χ1n) is 9.80. The Balaban J connectivity index is 1.35. The smallest absolute Gasteiger partial charge is 0.0555 e. The Morgan fingerprint density at radius 2 is 1.50 bits per heavy atom. The van der Waals surface area contributed by atoms with Crippen LogP contribution >= 0.6 is 0 Å². The summed E-state index contributed by atoms with van der Waals surface area (Å²) in [5.74, 6) is 0. The number of hydrogen-bond donors (Lipinski definition) is 2. The summed E-state index contributed by atoms with van der Waals surface area (Å²) in [5, 5.41) is 7.47. The fourth-order valence-corrected chi connectivity index (χ4v) is 4.38. The molecule has 0 fully saturated rings. The van der Waals surface area contributed by atoms with E-state index in [-0.39, 0.29) is 0 Å². The highest BCUT2D eigenvalue weighted by molar-refractivity contribution is 5.91. The third-order valence-corrected chi connectivity index (χ3v) is 5.88. The predicted molar refractivity (Wildman–Crippen MR) is 118 cm³/mol. The van der Waals surface area contributed by atoms with Crippen LogP contribution in [0.15, 0.2) is 91.0 Å². The average molecular weight is 360 g/mol. The minimum absolute atomic E-state index is 0.357. The van der Waals surface area contributed by atoms with Gasteiger partial charge in [0.15, 0.2) is 0 Å². The van der Waals surface area contributed by atoms with Gasteiger partial charge in [-0.1, -0.05) is 60.7 Å². The van der Waals surface area contributed by atoms with E-state index in [1.54, 1.807) is 0 Å².